The Balaban J connectivity index is 4.47. The predicted octanol–water partition coefficient (Wildman–Crippen LogP) is 1.38. The van der Waals surface area contributed by atoms with Crippen LogP contribution in [0.4, 0.5) is 0 Å². The van der Waals surface area contributed by atoms with Crippen molar-refractivity contribution in [2.24, 2.45) is 5.92 Å². The third kappa shape index (κ3) is 5.13. The minimum Gasteiger partial charge on any atom is -0.481 e. The van der Waals surface area contributed by atoms with Crippen molar-refractivity contribution in [1.82, 2.24) is 0 Å². The summed E-state index contributed by atoms with van der Waals surface area (Å²) < 4.78 is 4.46. The number of rotatable bonds is 5. The van der Waals surface area contributed by atoms with Crippen LogP contribution in [0.15, 0.2) is 24.3 Å². The van der Waals surface area contributed by atoms with Crippen LogP contribution in [0.5, 0.6) is 0 Å². The van der Waals surface area contributed by atoms with Crippen molar-refractivity contribution >= 4 is 11.9 Å². The largest absolute Gasteiger partial charge is 0.481 e. The van der Waals surface area contributed by atoms with Crippen LogP contribution < -0.4 is 0 Å². The molecule has 0 aromatic carbocycles. The highest BCUT2D eigenvalue weighted by molar-refractivity contribution is 5.80. The van der Waals surface area contributed by atoms with Gasteiger partial charge in [-0.3, -0.25) is 9.59 Å². The number of methoxy groups -OCH3 is 1. The molecule has 0 heterocycles. The maximum Gasteiger partial charge on any atom is 0.313 e. The Hall–Kier alpha value is -1.58. The molecule has 78 valence electrons. The van der Waals surface area contributed by atoms with Crippen molar-refractivity contribution in [2.45, 2.75) is 13.3 Å². The fourth-order valence-electron chi connectivity index (χ4n) is 0.850. The number of allylic oxidation sites excluding steroid dienone is 2. The molecule has 0 aliphatic rings. The molecule has 0 aliphatic carbocycles. The molecule has 0 bridgehead atoms. The van der Waals surface area contributed by atoms with Gasteiger partial charge in [-0.25, -0.2) is 0 Å². The number of carboxylic acids is 1. The Morgan fingerprint density at radius 3 is 2.50 bits per heavy atom. The first-order chi connectivity index (χ1) is 6.47. The van der Waals surface area contributed by atoms with E-state index in [0.29, 0.717) is 0 Å². The quantitative estimate of drug-likeness (QED) is 0.535. The number of esters is 1. The standard InChI is InChI=1S/C10H14O4/c1-7(2)4-5-8(6-9(11)12)10(13)14-3/h4-5,8H,1,6H2,2-3H3,(H,11,12)/b5-4+. The normalized spacial score (nSPS) is 12.4. The Morgan fingerprint density at radius 2 is 2.14 bits per heavy atom. The summed E-state index contributed by atoms with van der Waals surface area (Å²) in [6, 6.07) is 0. The zero-order chi connectivity index (χ0) is 11.1. The Labute approximate surface area is 82.9 Å². The van der Waals surface area contributed by atoms with Gasteiger partial charge in [-0.1, -0.05) is 24.3 Å². The smallest absolute Gasteiger partial charge is 0.313 e. The summed E-state index contributed by atoms with van der Waals surface area (Å²) in [6.07, 6.45) is 2.82. The summed E-state index contributed by atoms with van der Waals surface area (Å²) in [6.45, 7) is 5.36. The second-order valence-corrected chi connectivity index (χ2v) is 2.93. The number of hydrogen-bond donors (Lipinski definition) is 1. The number of ether oxygens (including phenoxy) is 1. The number of carboxylic acid groups (broad SMARTS) is 1. The monoisotopic (exact) mass is 198 g/mol. The lowest BCUT2D eigenvalue weighted by Gasteiger charge is -2.06. The van der Waals surface area contributed by atoms with E-state index < -0.39 is 17.9 Å². The van der Waals surface area contributed by atoms with Gasteiger partial charge in [0.2, 0.25) is 0 Å². The zero-order valence-electron chi connectivity index (χ0n) is 8.32. The lowest BCUT2D eigenvalue weighted by atomic mass is 10.0. The summed E-state index contributed by atoms with van der Waals surface area (Å²) >= 11 is 0. The van der Waals surface area contributed by atoms with Gasteiger partial charge in [0.1, 0.15) is 0 Å². The minimum atomic E-state index is -1.04. The molecule has 0 spiro atoms. The molecular formula is C10H14O4. The first-order valence-corrected chi connectivity index (χ1v) is 4.10. The highest BCUT2D eigenvalue weighted by atomic mass is 16.5. The predicted molar refractivity (Wildman–Crippen MR) is 51.7 cm³/mol. The second-order valence-electron chi connectivity index (χ2n) is 2.93. The molecule has 4 nitrogen and oxygen atoms in total. The lowest BCUT2D eigenvalue weighted by Crippen LogP contribution is -2.17. The van der Waals surface area contributed by atoms with E-state index in [2.05, 4.69) is 11.3 Å². The topological polar surface area (TPSA) is 63.6 Å². The number of hydrogen-bond acceptors (Lipinski definition) is 3. The van der Waals surface area contributed by atoms with Crippen LogP contribution in [-0.4, -0.2) is 24.2 Å². The van der Waals surface area contributed by atoms with E-state index in [0.717, 1.165) is 5.57 Å². The molecule has 0 saturated heterocycles. The summed E-state index contributed by atoms with van der Waals surface area (Å²) in [4.78, 5) is 21.5. The van der Waals surface area contributed by atoms with E-state index in [1.54, 1.807) is 13.0 Å². The molecule has 0 aromatic heterocycles. The average Bonchev–Trinajstić information content (AvgIpc) is 2.10. The summed E-state index contributed by atoms with van der Waals surface area (Å²) in [7, 11) is 1.23. The zero-order valence-corrected chi connectivity index (χ0v) is 8.32. The van der Waals surface area contributed by atoms with Gasteiger partial charge in [-0.2, -0.15) is 0 Å². The van der Waals surface area contributed by atoms with Crippen LogP contribution in [0.25, 0.3) is 0 Å². The van der Waals surface area contributed by atoms with E-state index in [-0.39, 0.29) is 6.42 Å². The highest BCUT2D eigenvalue weighted by Gasteiger charge is 2.18. The van der Waals surface area contributed by atoms with Crippen molar-refractivity contribution < 1.29 is 19.4 Å². The Bertz CT molecular complexity index is 265. The van der Waals surface area contributed by atoms with Crippen LogP contribution in [0, 0.1) is 5.92 Å². The molecule has 0 fully saturated rings. The van der Waals surface area contributed by atoms with Gasteiger partial charge < -0.3 is 9.84 Å². The van der Waals surface area contributed by atoms with Crippen molar-refractivity contribution in [3.05, 3.63) is 24.3 Å². The average molecular weight is 198 g/mol. The van der Waals surface area contributed by atoms with Gasteiger partial charge in [0.05, 0.1) is 19.4 Å². The van der Waals surface area contributed by atoms with Gasteiger partial charge in [-0.15, -0.1) is 0 Å². The number of aliphatic carboxylic acids is 1. The van der Waals surface area contributed by atoms with E-state index >= 15 is 0 Å². The van der Waals surface area contributed by atoms with Gasteiger partial charge >= 0.3 is 11.9 Å². The molecule has 0 amide bonds. The van der Waals surface area contributed by atoms with Gasteiger partial charge in [0.25, 0.3) is 0 Å². The maximum absolute atomic E-state index is 11.1. The second kappa shape index (κ2) is 5.96. The highest BCUT2D eigenvalue weighted by Crippen LogP contribution is 2.09. The minimum absolute atomic E-state index is 0.267. The maximum atomic E-state index is 11.1. The van der Waals surface area contributed by atoms with E-state index in [4.69, 9.17) is 5.11 Å². The van der Waals surface area contributed by atoms with Crippen LogP contribution in [0.2, 0.25) is 0 Å². The molecule has 1 unspecified atom stereocenters. The fraction of sp³-hybridized carbons (Fsp3) is 0.400. The van der Waals surface area contributed by atoms with E-state index in [1.807, 2.05) is 0 Å². The number of carbonyl (C=O) groups is 2. The molecule has 14 heavy (non-hydrogen) atoms. The van der Waals surface area contributed by atoms with Crippen molar-refractivity contribution in [3.8, 4) is 0 Å². The summed E-state index contributed by atoms with van der Waals surface area (Å²) in [5, 5.41) is 8.53. The molecule has 0 radical (unpaired) electrons. The Kier molecular flexibility index (Phi) is 5.29. The van der Waals surface area contributed by atoms with Crippen LogP contribution in [0.3, 0.4) is 0 Å². The first kappa shape index (κ1) is 12.4. The van der Waals surface area contributed by atoms with Gasteiger partial charge in [0, 0.05) is 0 Å². The van der Waals surface area contributed by atoms with Crippen molar-refractivity contribution in [1.29, 1.82) is 0 Å². The van der Waals surface area contributed by atoms with Gasteiger partial charge in [0.15, 0.2) is 0 Å². The third-order valence-corrected chi connectivity index (χ3v) is 1.51. The van der Waals surface area contributed by atoms with Crippen LogP contribution in [-0.2, 0) is 14.3 Å². The van der Waals surface area contributed by atoms with Gasteiger partial charge in [-0.05, 0) is 6.92 Å². The van der Waals surface area contributed by atoms with Crippen LogP contribution >= 0.6 is 0 Å². The van der Waals surface area contributed by atoms with E-state index in [9.17, 15) is 9.59 Å². The third-order valence-electron chi connectivity index (χ3n) is 1.51. The molecule has 1 atom stereocenters. The molecule has 0 aliphatic heterocycles. The molecule has 0 aromatic rings. The Morgan fingerprint density at radius 1 is 1.57 bits per heavy atom. The lowest BCUT2D eigenvalue weighted by molar-refractivity contribution is -0.148. The molecular weight excluding hydrogens is 184 g/mol. The van der Waals surface area contributed by atoms with Crippen molar-refractivity contribution in [3.63, 3.8) is 0 Å². The summed E-state index contributed by atoms with van der Waals surface area (Å²) in [5.74, 6) is -2.33. The molecule has 0 rings (SSSR count). The SMILES string of the molecule is C=C(C)/C=C/C(CC(=O)O)C(=O)OC. The number of carbonyl (C=O) groups excluding carboxylic acids is 1. The molecule has 4 heteroatoms. The van der Waals surface area contributed by atoms with Crippen molar-refractivity contribution in [2.75, 3.05) is 7.11 Å². The molecule has 1 N–H and O–H groups in total. The van der Waals surface area contributed by atoms with E-state index in [1.165, 1.54) is 13.2 Å². The first-order valence-electron chi connectivity index (χ1n) is 4.10. The molecule has 0 saturated carbocycles. The van der Waals surface area contributed by atoms with Crippen LogP contribution in [0.1, 0.15) is 13.3 Å². The summed E-state index contributed by atoms with van der Waals surface area (Å²) in [5.41, 5.74) is 0.754. The fourth-order valence-corrected chi connectivity index (χ4v) is 0.850.